The highest BCUT2D eigenvalue weighted by Crippen LogP contribution is 2.17. The van der Waals surface area contributed by atoms with Crippen LogP contribution in [0.15, 0.2) is 67.1 Å². The number of carbonyl (C=O) groups is 1. The predicted molar refractivity (Wildman–Crippen MR) is 125 cm³/mol. The van der Waals surface area contributed by atoms with Crippen molar-refractivity contribution in [3.63, 3.8) is 0 Å². The van der Waals surface area contributed by atoms with Gasteiger partial charge in [-0.05, 0) is 73.3 Å². The molecular formula is C26H30N4O2. The lowest BCUT2D eigenvalue weighted by atomic mass is 10.1. The van der Waals surface area contributed by atoms with Crippen molar-refractivity contribution in [2.45, 2.75) is 26.2 Å². The standard InChI is InChI=1S/C26H30N4O2/c1-21-10-12-28-24(18-21)19-22-6-8-25(9-7-22)32-26(31)30-16-14-29(15-17-30)13-3-5-23-4-2-11-27-20-23/h2,4,6-12,18,20H,3,5,13-17,19H2,1H3. The van der Waals surface area contributed by atoms with E-state index < -0.39 is 0 Å². The lowest BCUT2D eigenvalue weighted by molar-refractivity contribution is 0.110. The first-order valence-corrected chi connectivity index (χ1v) is 11.2. The van der Waals surface area contributed by atoms with Crippen LogP contribution in [0.1, 0.15) is 28.8 Å². The zero-order valence-electron chi connectivity index (χ0n) is 18.6. The van der Waals surface area contributed by atoms with Crippen molar-refractivity contribution in [1.82, 2.24) is 19.8 Å². The molecule has 3 aromatic rings. The van der Waals surface area contributed by atoms with Crippen LogP contribution >= 0.6 is 0 Å². The molecule has 3 heterocycles. The predicted octanol–water partition coefficient (Wildman–Crippen LogP) is 4.13. The number of rotatable bonds is 7. The molecule has 32 heavy (non-hydrogen) atoms. The number of piperazine rings is 1. The summed E-state index contributed by atoms with van der Waals surface area (Å²) in [5, 5.41) is 0. The highest BCUT2D eigenvalue weighted by Gasteiger charge is 2.22. The highest BCUT2D eigenvalue weighted by atomic mass is 16.6. The van der Waals surface area contributed by atoms with Crippen LogP contribution < -0.4 is 4.74 Å². The molecular weight excluding hydrogens is 400 g/mol. The van der Waals surface area contributed by atoms with Gasteiger partial charge >= 0.3 is 6.09 Å². The summed E-state index contributed by atoms with van der Waals surface area (Å²) in [6.07, 6.45) is 8.19. The minimum atomic E-state index is -0.270. The molecule has 0 radical (unpaired) electrons. The van der Waals surface area contributed by atoms with Gasteiger partial charge in [-0.15, -0.1) is 0 Å². The fraction of sp³-hybridized carbons (Fsp3) is 0.346. The molecule has 6 heteroatoms. The summed E-state index contributed by atoms with van der Waals surface area (Å²) < 4.78 is 5.60. The van der Waals surface area contributed by atoms with Gasteiger partial charge in [0.15, 0.2) is 0 Å². The molecule has 1 fully saturated rings. The topological polar surface area (TPSA) is 58.6 Å². The van der Waals surface area contributed by atoms with Gasteiger partial charge in [-0.2, -0.15) is 0 Å². The van der Waals surface area contributed by atoms with E-state index in [0.717, 1.165) is 50.2 Å². The molecule has 1 aliphatic rings. The maximum absolute atomic E-state index is 12.6. The fourth-order valence-corrected chi connectivity index (χ4v) is 3.95. The van der Waals surface area contributed by atoms with Crippen LogP contribution in [0, 0.1) is 6.92 Å². The maximum atomic E-state index is 12.6. The Balaban J connectivity index is 1.19. The van der Waals surface area contributed by atoms with E-state index >= 15 is 0 Å². The van der Waals surface area contributed by atoms with Gasteiger partial charge < -0.3 is 9.64 Å². The van der Waals surface area contributed by atoms with E-state index in [1.165, 1.54) is 11.1 Å². The molecule has 0 atom stereocenters. The number of nitrogens with zero attached hydrogens (tertiary/aromatic N) is 4. The summed E-state index contributed by atoms with van der Waals surface area (Å²) in [5.41, 5.74) is 4.65. The van der Waals surface area contributed by atoms with Gasteiger partial charge in [0.25, 0.3) is 0 Å². The second-order valence-corrected chi connectivity index (χ2v) is 8.31. The SMILES string of the molecule is Cc1ccnc(Cc2ccc(OC(=O)N3CCN(CCCc4cccnc4)CC3)cc2)c1. The minimum absolute atomic E-state index is 0.270. The first-order valence-electron chi connectivity index (χ1n) is 11.2. The van der Waals surface area contributed by atoms with Gasteiger partial charge in [0.05, 0.1) is 0 Å². The quantitative estimate of drug-likeness (QED) is 0.564. The fourth-order valence-electron chi connectivity index (χ4n) is 3.95. The van der Waals surface area contributed by atoms with Crippen molar-refractivity contribution in [2.75, 3.05) is 32.7 Å². The smallest absolute Gasteiger partial charge is 0.410 e. The molecule has 0 saturated carbocycles. The van der Waals surface area contributed by atoms with Gasteiger partial charge in [-0.3, -0.25) is 14.9 Å². The van der Waals surface area contributed by atoms with Gasteiger partial charge in [0, 0.05) is 56.9 Å². The van der Waals surface area contributed by atoms with Crippen molar-refractivity contribution in [2.24, 2.45) is 0 Å². The molecule has 166 valence electrons. The third-order valence-electron chi connectivity index (χ3n) is 5.78. The van der Waals surface area contributed by atoms with Crippen LogP contribution in [0.2, 0.25) is 0 Å². The molecule has 0 bridgehead atoms. The molecule has 0 N–H and O–H groups in total. The summed E-state index contributed by atoms with van der Waals surface area (Å²) in [5.74, 6) is 0.579. The molecule has 1 saturated heterocycles. The van der Waals surface area contributed by atoms with Crippen molar-refractivity contribution >= 4 is 6.09 Å². The number of pyridine rings is 2. The number of aryl methyl sites for hydroxylation is 2. The number of hydrogen-bond donors (Lipinski definition) is 0. The molecule has 1 amide bonds. The van der Waals surface area contributed by atoms with E-state index in [1.807, 2.05) is 48.8 Å². The van der Waals surface area contributed by atoms with Crippen molar-refractivity contribution in [1.29, 1.82) is 0 Å². The summed E-state index contributed by atoms with van der Waals surface area (Å²) >= 11 is 0. The third-order valence-corrected chi connectivity index (χ3v) is 5.78. The molecule has 6 nitrogen and oxygen atoms in total. The Morgan fingerprint density at radius 1 is 1.00 bits per heavy atom. The van der Waals surface area contributed by atoms with Crippen molar-refractivity contribution < 1.29 is 9.53 Å². The molecule has 0 spiro atoms. The Morgan fingerprint density at radius 3 is 2.53 bits per heavy atom. The van der Waals surface area contributed by atoms with E-state index in [1.54, 1.807) is 11.1 Å². The van der Waals surface area contributed by atoms with E-state index in [2.05, 4.69) is 33.9 Å². The Hall–Kier alpha value is -3.25. The van der Waals surface area contributed by atoms with Crippen LogP contribution in [0.4, 0.5) is 4.79 Å². The maximum Gasteiger partial charge on any atom is 0.415 e. The molecule has 0 unspecified atom stereocenters. The first-order chi connectivity index (χ1) is 15.7. The second kappa shape index (κ2) is 10.9. The van der Waals surface area contributed by atoms with Gasteiger partial charge in [0.1, 0.15) is 5.75 Å². The summed E-state index contributed by atoms with van der Waals surface area (Å²) in [6.45, 7) is 6.26. The molecule has 1 aromatic carbocycles. The Bertz CT molecular complexity index is 1000. The number of aromatic nitrogens is 2. The number of benzene rings is 1. The monoisotopic (exact) mass is 430 g/mol. The van der Waals surface area contributed by atoms with Gasteiger partial charge in [-0.1, -0.05) is 18.2 Å². The highest BCUT2D eigenvalue weighted by molar-refractivity contribution is 5.70. The average Bonchev–Trinajstić information content (AvgIpc) is 2.81. The lowest BCUT2D eigenvalue weighted by Gasteiger charge is -2.34. The number of ether oxygens (including phenoxy) is 1. The molecule has 1 aliphatic heterocycles. The van der Waals surface area contributed by atoms with Crippen molar-refractivity contribution in [3.8, 4) is 5.75 Å². The summed E-state index contributed by atoms with van der Waals surface area (Å²) in [4.78, 5) is 25.3. The second-order valence-electron chi connectivity index (χ2n) is 8.31. The van der Waals surface area contributed by atoms with Crippen LogP contribution in [0.3, 0.4) is 0 Å². The van der Waals surface area contributed by atoms with Crippen LogP contribution in [-0.2, 0) is 12.8 Å². The van der Waals surface area contributed by atoms with Crippen molar-refractivity contribution in [3.05, 3.63) is 89.5 Å². The lowest BCUT2D eigenvalue weighted by Crippen LogP contribution is -2.49. The van der Waals surface area contributed by atoms with Crippen LogP contribution in [-0.4, -0.2) is 58.6 Å². The first kappa shape index (κ1) is 22.0. The number of carbonyl (C=O) groups excluding carboxylic acids is 1. The number of hydrogen-bond acceptors (Lipinski definition) is 5. The number of amides is 1. The molecule has 4 rings (SSSR count). The average molecular weight is 431 g/mol. The van der Waals surface area contributed by atoms with E-state index in [-0.39, 0.29) is 6.09 Å². The zero-order chi connectivity index (χ0) is 22.2. The van der Waals surface area contributed by atoms with E-state index in [9.17, 15) is 4.79 Å². The summed E-state index contributed by atoms with van der Waals surface area (Å²) in [6, 6.07) is 15.9. The van der Waals surface area contributed by atoms with Crippen LogP contribution in [0.5, 0.6) is 5.75 Å². The van der Waals surface area contributed by atoms with E-state index in [0.29, 0.717) is 18.8 Å². The van der Waals surface area contributed by atoms with Gasteiger partial charge in [0.2, 0.25) is 0 Å². The van der Waals surface area contributed by atoms with Gasteiger partial charge in [-0.25, -0.2) is 4.79 Å². The normalized spacial score (nSPS) is 14.3. The minimum Gasteiger partial charge on any atom is -0.410 e. The largest absolute Gasteiger partial charge is 0.415 e. The third kappa shape index (κ3) is 6.37. The Kier molecular flexibility index (Phi) is 7.46. The molecule has 0 aliphatic carbocycles. The summed E-state index contributed by atoms with van der Waals surface area (Å²) in [7, 11) is 0. The Labute approximate surface area is 189 Å². The van der Waals surface area contributed by atoms with Crippen LogP contribution in [0.25, 0.3) is 0 Å². The van der Waals surface area contributed by atoms with E-state index in [4.69, 9.17) is 4.74 Å². The Morgan fingerprint density at radius 2 is 1.81 bits per heavy atom. The zero-order valence-corrected chi connectivity index (χ0v) is 18.6. The molecule has 2 aromatic heterocycles.